The van der Waals surface area contributed by atoms with Crippen LogP contribution in [-0.4, -0.2) is 50.0 Å². The summed E-state index contributed by atoms with van der Waals surface area (Å²) in [5, 5.41) is 2.48. The molecule has 2 aromatic carbocycles. The second-order valence-electron chi connectivity index (χ2n) is 9.03. The molecule has 0 fully saturated rings. The lowest BCUT2D eigenvalue weighted by atomic mass is 10.1. The Morgan fingerprint density at radius 3 is 2.16 bits per heavy atom. The van der Waals surface area contributed by atoms with Crippen molar-refractivity contribution in [2.75, 3.05) is 17.1 Å². The monoisotopic (exact) mass is 561 g/mol. The Balaban J connectivity index is 2.54. The molecule has 1 N–H and O–H groups in total. The first-order valence-corrected chi connectivity index (χ1v) is 13.8. The van der Waals surface area contributed by atoms with Crippen LogP contribution in [0.1, 0.15) is 43.9 Å². The Hall–Kier alpha value is -2.79. The number of carbonyl (C=O) groups excluding carboxylic acids is 2. The summed E-state index contributed by atoms with van der Waals surface area (Å²) in [4.78, 5) is 27.8. The minimum atomic E-state index is -4.76. The predicted octanol–water partition coefficient (Wildman–Crippen LogP) is 4.77. The van der Waals surface area contributed by atoms with Crippen molar-refractivity contribution < 1.29 is 31.2 Å². The summed E-state index contributed by atoms with van der Waals surface area (Å²) in [5.74, 6) is -1.20. The number of benzene rings is 2. The fraction of sp³-hybridized carbons (Fsp3) is 0.440. The Labute approximate surface area is 220 Å². The highest BCUT2D eigenvalue weighted by molar-refractivity contribution is 7.92. The lowest BCUT2D eigenvalue weighted by Gasteiger charge is -2.33. The number of anilines is 1. The molecule has 0 saturated carbocycles. The van der Waals surface area contributed by atoms with Crippen LogP contribution in [0.2, 0.25) is 5.02 Å². The van der Waals surface area contributed by atoms with Crippen molar-refractivity contribution in [3.63, 3.8) is 0 Å². The summed E-state index contributed by atoms with van der Waals surface area (Å²) < 4.78 is 65.8. The van der Waals surface area contributed by atoms with Gasteiger partial charge in [-0.2, -0.15) is 13.2 Å². The second kappa shape index (κ2) is 12.2. The average molecular weight is 562 g/mol. The van der Waals surface area contributed by atoms with Gasteiger partial charge >= 0.3 is 6.18 Å². The van der Waals surface area contributed by atoms with Crippen molar-refractivity contribution in [1.29, 1.82) is 0 Å². The molecular weight excluding hydrogens is 531 g/mol. The highest BCUT2D eigenvalue weighted by atomic mass is 35.5. The normalized spacial score (nSPS) is 12.8. The van der Waals surface area contributed by atoms with E-state index in [2.05, 4.69) is 5.32 Å². The third-order valence-corrected chi connectivity index (χ3v) is 6.96. The maximum Gasteiger partial charge on any atom is 0.416 e. The van der Waals surface area contributed by atoms with Crippen LogP contribution in [-0.2, 0) is 32.3 Å². The molecule has 12 heteroatoms. The zero-order valence-electron chi connectivity index (χ0n) is 21.3. The number of aryl methyl sites for hydroxylation is 1. The van der Waals surface area contributed by atoms with Crippen molar-refractivity contribution in [3.8, 4) is 0 Å². The number of carbonyl (C=O) groups is 2. The fourth-order valence-corrected chi connectivity index (χ4v) is 4.79. The van der Waals surface area contributed by atoms with Crippen molar-refractivity contribution in [2.24, 2.45) is 0 Å². The summed E-state index contributed by atoms with van der Waals surface area (Å²) in [7, 11) is -4.25. The van der Waals surface area contributed by atoms with Gasteiger partial charge in [-0.15, -0.1) is 0 Å². The van der Waals surface area contributed by atoms with Gasteiger partial charge in [-0.3, -0.25) is 13.9 Å². The van der Waals surface area contributed by atoms with Gasteiger partial charge in [0.15, 0.2) is 0 Å². The van der Waals surface area contributed by atoms with Crippen molar-refractivity contribution in [2.45, 2.75) is 58.9 Å². The molecule has 0 heterocycles. The molecular formula is C25H31ClF3N3O4S. The van der Waals surface area contributed by atoms with Crippen LogP contribution in [0.15, 0.2) is 42.5 Å². The smallest absolute Gasteiger partial charge is 0.352 e. The highest BCUT2D eigenvalue weighted by Gasteiger charge is 2.35. The summed E-state index contributed by atoms with van der Waals surface area (Å²) in [6.07, 6.45) is -3.77. The van der Waals surface area contributed by atoms with E-state index >= 15 is 0 Å². The maximum absolute atomic E-state index is 13.6. The fourth-order valence-electron chi connectivity index (χ4n) is 3.67. The minimum Gasteiger partial charge on any atom is -0.352 e. The number of nitrogens with zero attached hydrogens (tertiary/aromatic N) is 2. The Bertz CT molecular complexity index is 1220. The summed E-state index contributed by atoms with van der Waals surface area (Å²) in [6.45, 7) is 6.25. The van der Waals surface area contributed by atoms with Crippen molar-refractivity contribution in [1.82, 2.24) is 10.2 Å². The van der Waals surface area contributed by atoms with E-state index in [4.69, 9.17) is 11.6 Å². The number of hydrogen-bond donors (Lipinski definition) is 1. The lowest BCUT2D eigenvalue weighted by Crippen LogP contribution is -2.53. The van der Waals surface area contributed by atoms with Crippen molar-refractivity contribution in [3.05, 3.63) is 64.2 Å². The van der Waals surface area contributed by atoms with E-state index in [9.17, 15) is 31.2 Å². The molecule has 7 nitrogen and oxygen atoms in total. The van der Waals surface area contributed by atoms with Crippen LogP contribution in [0.25, 0.3) is 0 Å². The molecule has 0 spiro atoms. The highest BCUT2D eigenvalue weighted by Crippen LogP contribution is 2.36. The van der Waals surface area contributed by atoms with Gasteiger partial charge in [-0.1, -0.05) is 48.4 Å². The first kappa shape index (κ1) is 30.4. The van der Waals surface area contributed by atoms with Gasteiger partial charge in [0.05, 0.1) is 22.5 Å². The molecule has 1 atom stereocenters. The SMILES string of the molecule is CC[C@@H](C(=O)NC(C)C)N(Cc1ccc(C)cc1)C(=O)CN(c1cc(C(F)(F)F)ccc1Cl)S(C)(=O)=O. The molecule has 37 heavy (non-hydrogen) atoms. The van der Waals surface area contributed by atoms with Crippen molar-refractivity contribution >= 4 is 39.1 Å². The third-order valence-electron chi connectivity index (χ3n) is 5.51. The average Bonchev–Trinajstić information content (AvgIpc) is 2.77. The van der Waals surface area contributed by atoms with E-state index < -0.39 is 51.9 Å². The maximum atomic E-state index is 13.6. The zero-order valence-corrected chi connectivity index (χ0v) is 22.8. The molecule has 0 saturated heterocycles. The van der Waals surface area contributed by atoms with Gasteiger partial charge < -0.3 is 10.2 Å². The molecule has 0 radical (unpaired) electrons. The minimum absolute atomic E-state index is 0.0168. The lowest BCUT2D eigenvalue weighted by molar-refractivity contribution is -0.140. The molecule has 2 amide bonds. The second-order valence-corrected chi connectivity index (χ2v) is 11.3. The van der Waals surface area contributed by atoms with Gasteiger partial charge in [0.2, 0.25) is 21.8 Å². The first-order chi connectivity index (χ1) is 17.0. The summed E-state index contributed by atoms with van der Waals surface area (Å²) in [5.41, 5.74) is 0.0703. The van der Waals surface area contributed by atoms with E-state index in [1.165, 1.54) is 4.90 Å². The zero-order chi connectivity index (χ0) is 28.1. The molecule has 0 unspecified atom stereocenters. The van der Waals surface area contributed by atoms with Crippen LogP contribution >= 0.6 is 11.6 Å². The van der Waals surface area contributed by atoms with Crippen LogP contribution < -0.4 is 9.62 Å². The van der Waals surface area contributed by atoms with Gasteiger partial charge in [-0.05, 0) is 51.0 Å². The molecule has 2 rings (SSSR count). The van der Waals surface area contributed by atoms with Crippen LogP contribution in [0, 0.1) is 6.92 Å². The van der Waals surface area contributed by atoms with Gasteiger partial charge in [0, 0.05) is 12.6 Å². The van der Waals surface area contributed by atoms with Gasteiger partial charge in [-0.25, -0.2) is 8.42 Å². The number of halogens is 4. The van der Waals surface area contributed by atoms with Gasteiger partial charge in [0.1, 0.15) is 12.6 Å². The number of alkyl halides is 3. The summed E-state index contributed by atoms with van der Waals surface area (Å²) >= 11 is 6.09. The number of amides is 2. The van der Waals surface area contributed by atoms with E-state index in [1.54, 1.807) is 32.9 Å². The molecule has 204 valence electrons. The molecule has 2 aromatic rings. The molecule has 0 aromatic heterocycles. The number of rotatable bonds is 10. The van der Waals surface area contributed by atoms with E-state index in [1.807, 2.05) is 19.1 Å². The number of hydrogen-bond acceptors (Lipinski definition) is 4. The van der Waals surface area contributed by atoms with Gasteiger partial charge in [0.25, 0.3) is 0 Å². The number of nitrogens with one attached hydrogen (secondary N) is 1. The number of sulfonamides is 1. The summed E-state index contributed by atoms with van der Waals surface area (Å²) in [6, 6.07) is 8.30. The first-order valence-electron chi connectivity index (χ1n) is 11.5. The van der Waals surface area contributed by atoms with E-state index in [-0.39, 0.29) is 24.0 Å². The van der Waals surface area contributed by atoms with E-state index in [0.29, 0.717) is 15.9 Å². The quantitative estimate of drug-likeness (QED) is 0.453. The van der Waals surface area contributed by atoms with Crippen LogP contribution in [0.4, 0.5) is 18.9 Å². The standard InChI is InChI=1S/C25H31ClF3N3O4S/c1-6-21(24(34)30-16(2)3)31(14-18-9-7-17(4)8-10-18)23(33)15-32(37(5,35)36)22-13-19(25(27,28)29)11-12-20(22)26/h7-13,16,21H,6,14-15H2,1-5H3,(H,30,34)/t21-/m0/s1. The van der Waals surface area contributed by atoms with E-state index in [0.717, 1.165) is 24.0 Å². The topological polar surface area (TPSA) is 86.8 Å². The molecule has 0 aliphatic heterocycles. The molecule has 0 bridgehead atoms. The molecule has 0 aliphatic carbocycles. The Kier molecular flexibility index (Phi) is 10.0. The molecule has 0 aliphatic rings. The largest absolute Gasteiger partial charge is 0.416 e. The Morgan fingerprint density at radius 1 is 1.08 bits per heavy atom. The predicted molar refractivity (Wildman–Crippen MR) is 138 cm³/mol. The third kappa shape index (κ3) is 8.36. The Morgan fingerprint density at radius 2 is 1.68 bits per heavy atom. The van der Waals surface area contributed by atoms with Crippen LogP contribution in [0.3, 0.4) is 0 Å². The van der Waals surface area contributed by atoms with Crippen LogP contribution in [0.5, 0.6) is 0 Å².